The molecule has 1 aliphatic rings. The zero-order chi connectivity index (χ0) is 15.0. The molecule has 1 unspecified atom stereocenters. The van der Waals surface area contributed by atoms with Crippen molar-refractivity contribution in [3.63, 3.8) is 0 Å². The van der Waals surface area contributed by atoms with Crippen LogP contribution in [0.15, 0.2) is 53.5 Å². The van der Waals surface area contributed by atoms with Gasteiger partial charge >= 0.3 is 0 Å². The molecular formula is C16H16FN3O. The summed E-state index contributed by atoms with van der Waals surface area (Å²) in [7, 11) is 0. The molecule has 0 radical (unpaired) electrons. The van der Waals surface area contributed by atoms with Gasteiger partial charge in [-0.1, -0.05) is 12.1 Å². The third-order valence-corrected chi connectivity index (χ3v) is 3.82. The van der Waals surface area contributed by atoms with Crippen LogP contribution in [-0.4, -0.2) is 17.6 Å². The van der Waals surface area contributed by atoms with Gasteiger partial charge in [0.25, 0.3) is 0 Å². The minimum Gasteiger partial charge on any atom is -0.508 e. The van der Waals surface area contributed by atoms with E-state index in [1.807, 2.05) is 17.9 Å². The lowest BCUT2D eigenvalue weighted by atomic mass is 9.90. The van der Waals surface area contributed by atoms with E-state index in [0.29, 0.717) is 12.5 Å². The maximum Gasteiger partial charge on any atom is 0.196 e. The Morgan fingerprint density at radius 2 is 1.95 bits per heavy atom. The highest BCUT2D eigenvalue weighted by molar-refractivity contribution is 5.98. The van der Waals surface area contributed by atoms with Crippen molar-refractivity contribution in [2.75, 3.05) is 11.4 Å². The molecule has 1 aliphatic heterocycles. The lowest BCUT2D eigenvalue weighted by molar-refractivity contribution is 0.468. The molecule has 0 saturated carbocycles. The zero-order valence-corrected chi connectivity index (χ0v) is 11.6. The first-order valence-corrected chi connectivity index (χ1v) is 6.66. The van der Waals surface area contributed by atoms with E-state index in [9.17, 15) is 9.50 Å². The SMILES string of the molecule is CC1(c2cccc(O)c2)CN=C(N)N1c1ccc(F)cc1. The molecule has 5 heteroatoms. The lowest BCUT2D eigenvalue weighted by Crippen LogP contribution is -2.47. The van der Waals surface area contributed by atoms with E-state index in [1.165, 1.54) is 12.1 Å². The Bertz CT molecular complexity index is 699. The van der Waals surface area contributed by atoms with E-state index in [1.54, 1.807) is 30.3 Å². The quantitative estimate of drug-likeness (QED) is 0.891. The number of phenols is 1. The Kier molecular flexibility index (Phi) is 3.05. The summed E-state index contributed by atoms with van der Waals surface area (Å²) in [6.45, 7) is 2.47. The van der Waals surface area contributed by atoms with Crippen molar-refractivity contribution in [2.45, 2.75) is 12.5 Å². The molecule has 1 atom stereocenters. The maximum absolute atomic E-state index is 13.1. The predicted molar refractivity (Wildman–Crippen MR) is 80.8 cm³/mol. The normalized spacial score (nSPS) is 21.4. The molecule has 0 bridgehead atoms. The Balaban J connectivity index is 2.07. The Labute approximate surface area is 122 Å². The number of hydrogen-bond acceptors (Lipinski definition) is 4. The minimum atomic E-state index is -0.513. The van der Waals surface area contributed by atoms with Gasteiger partial charge in [-0.25, -0.2) is 4.39 Å². The number of hydrogen-bond donors (Lipinski definition) is 2. The number of guanidine groups is 1. The molecule has 3 rings (SSSR count). The number of nitrogens with zero attached hydrogens (tertiary/aromatic N) is 2. The number of phenolic OH excluding ortho intramolecular Hbond substituents is 1. The van der Waals surface area contributed by atoms with Crippen molar-refractivity contribution in [1.29, 1.82) is 0 Å². The van der Waals surface area contributed by atoms with E-state index < -0.39 is 5.54 Å². The molecule has 0 saturated heterocycles. The number of anilines is 1. The van der Waals surface area contributed by atoms with E-state index in [0.717, 1.165) is 11.3 Å². The first-order chi connectivity index (χ1) is 10.0. The van der Waals surface area contributed by atoms with Crippen LogP contribution < -0.4 is 10.6 Å². The van der Waals surface area contributed by atoms with Gasteiger partial charge in [0, 0.05) is 5.69 Å². The van der Waals surface area contributed by atoms with Crippen molar-refractivity contribution in [3.05, 3.63) is 59.9 Å². The second-order valence-electron chi connectivity index (χ2n) is 5.31. The number of aliphatic imine (C=N–C) groups is 1. The highest BCUT2D eigenvalue weighted by atomic mass is 19.1. The molecule has 0 amide bonds. The first-order valence-electron chi connectivity index (χ1n) is 6.66. The molecule has 0 aliphatic carbocycles. The number of halogens is 1. The van der Waals surface area contributed by atoms with Gasteiger partial charge in [0.05, 0.1) is 12.1 Å². The summed E-state index contributed by atoms with van der Waals surface area (Å²) in [6, 6.07) is 13.2. The van der Waals surface area contributed by atoms with Gasteiger partial charge in [0.2, 0.25) is 0 Å². The van der Waals surface area contributed by atoms with Crippen molar-refractivity contribution in [1.82, 2.24) is 0 Å². The van der Waals surface area contributed by atoms with Crippen LogP contribution in [0.3, 0.4) is 0 Å². The largest absolute Gasteiger partial charge is 0.508 e. The van der Waals surface area contributed by atoms with Crippen molar-refractivity contribution >= 4 is 11.6 Å². The Morgan fingerprint density at radius 3 is 2.62 bits per heavy atom. The van der Waals surface area contributed by atoms with E-state index in [2.05, 4.69) is 4.99 Å². The molecule has 108 valence electrons. The molecule has 1 heterocycles. The van der Waals surface area contributed by atoms with Crippen LogP contribution in [0.4, 0.5) is 10.1 Å². The Hall–Kier alpha value is -2.56. The molecule has 21 heavy (non-hydrogen) atoms. The van der Waals surface area contributed by atoms with Crippen LogP contribution in [0.5, 0.6) is 5.75 Å². The van der Waals surface area contributed by atoms with Crippen LogP contribution in [-0.2, 0) is 5.54 Å². The van der Waals surface area contributed by atoms with Crippen LogP contribution in [0.25, 0.3) is 0 Å². The van der Waals surface area contributed by atoms with Crippen molar-refractivity contribution < 1.29 is 9.50 Å². The summed E-state index contributed by atoms with van der Waals surface area (Å²) >= 11 is 0. The second kappa shape index (κ2) is 4.77. The topological polar surface area (TPSA) is 61.9 Å². The summed E-state index contributed by atoms with van der Waals surface area (Å²) in [5.41, 5.74) is 7.17. The summed E-state index contributed by atoms with van der Waals surface area (Å²) in [6.07, 6.45) is 0. The first kappa shape index (κ1) is 13.4. The maximum atomic E-state index is 13.1. The molecule has 2 aromatic rings. The summed E-state index contributed by atoms with van der Waals surface area (Å²) in [4.78, 5) is 6.18. The smallest absolute Gasteiger partial charge is 0.196 e. The fraction of sp³-hybridized carbons (Fsp3) is 0.188. The van der Waals surface area contributed by atoms with Gasteiger partial charge in [-0.15, -0.1) is 0 Å². The van der Waals surface area contributed by atoms with Gasteiger partial charge in [0.15, 0.2) is 5.96 Å². The molecule has 0 spiro atoms. The summed E-state index contributed by atoms with van der Waals surface area (Å²) in [5.74, 6) is 0.276. The van der Waals surface area contributed by atoms with E-state index in [4.69, 9.17) is 5.73 Å². The van der Waals surface area contributed by atoms with Gasteiger partial charge in [-0.3, -0.25) is 4.99 Å². The molecule has 4 nitrogen and oxygen atoms in total. The van der Waals surface area contributed by atoms with Gasteiger partial charge in [-0.05, 0) is 48.9 Å². The molecular weight excluding hydrogens is 269 g/mol. The van der Waals surface area contributed by atoms with Gasteiger partial charge in [0.1, 0.15) is 11.6 Å². The predicted octanol–water partition coefficient (Wildman–Crippen LogP) is 2.58. The van der Waals surface area contributed by atoms with Crippen LogP contribution in [0.1, 0.15) is 12.5 Å². The number of benzene rings is 2. The second-order valence-corrected chi connectivity index (χ2v) is 5.31. The summed E-state index contributed by atoms with van der Waals surface area (Å²) < 4.78 is 13.1. The fourth-order valence-electron chi connectivity index (χ4n) is 2.70. The highest BCUT2D eigenvalue weighted by Crippen LogP contribution is 2.37. The highest BCUT2D eigenvalue weighted by Gasteiger charge is 2.40. The molecule has 0 fully saturated rings. The number of aromatic hydroxyl groups is 1. The number of nitrogens with two attached hydrogens (primary N) is 1. The van der Waals surface area contributed by atoms with E-state index >= 15 is 0 Å². The molecule has 0 aromatic heterocycles. The number of rotatable bonds is 2. The van der Waals surface area contributed by atoms with Crippen LogP contribution in [0, 0.1) is 5.82 Å². The fourth-order valence-corrected chi connectivity index (χ4v) is 2.70. The van der Waals surface area contributed by atoms with E-state index in [-0.39, 0.29) is 11.6 Å². The monoisotopic (exact) mass is 285 g/mol. The van der Waals surface area contributed by atoms with Crippen LogP contribution >= 0.6 is 0 Å². The van der Waals surface area contributed by atoms with Crippen molar-refractivity contribution in [3.8, 4) is 5.75 Å². The van der Waals surface area contributed by atoms with Gasteiger partial charge < -0.3 is 15.7 Å². The van der Waals surface area contributed by atoms with Gasteiger partial charge in [-0.2, -0.15) is 0 Å². The zero-order valence-electron chi connectivity index (χ0n) is 11.6. The third kappa shape index (κ3) is 2.20. The summed E-state index contributed by atoms with van der Waals surface area (Å²) in [5, 5.41) is 9.71. The average molecular weight is 285 g/mol. The molecule has 3 N–H and O–H groups in total. The molecule has 2 aromatic carbocycles. The lowest BCUT2D eigenvalue weighted by Gasteiger charge is -2.36. The third-order valence-electron chi connectivity index (χ3n) is 3.82. The minimum absolute atomic E-state index is 0.193. The Morgan fingerprint density at radius 1 is 1.24 bits per heavy atom. The standard InChI is InChI=1S/C16H16FN3O/c1-16(11-3-2-4-14(21)9-11)10-19-15(18)20(16)13-7-5-12(17)6-8-13/h2-9,21H,10H2,1H3,(H2,18,19). The average Bonchev–Trinajstić information content (AvgIpc) is 2.77. The van der Waals surface area contributed by atoms with Crippen molar-refractivity contribution in [2.24, 2.45) is 10.7 Å². The van der Waals surface area contributed by atoms with Crippen LogP contribution in [0.2, 0.25) is 0 Å².